The number of aliphatic carboxylic acids is 1. The molecule has 0 aliphatic carbocycles. The lowest BCUT2D eigenvalue weighted by atomic mass is 10.1. The molecular weight excluding hydrogens is 360 g/mol. The highest BCUT2D eigenvalue weighted by atomic mass is 19.1. The van der Waals surface area contributed by atoms with E-state index in [1.807, 2.05) is 0 Å². The minimum absolute atomic E-state index is 0.0258. The first-order chi connectivity index (χ1) is 12.9. The van der Waals surface area contributed by atoms with Gasteiger partial charge in [0.15, 0.2) is 11.4 Å². The first-order valence-corrected chi connectivity index (χ1v) is 7.87. The Bertz CT molecular complexity index is 1260. The quantitative estimate of drug-likeness (QED) is 0.592. The summed E-state index contributed by atoms with van der Waals surface area (Å²) in [6, 6.07) is 8.18. The molecule has 4 aromatic rings. The van der Waals surface area contributed by atoms with Crippen molar-refractivity contribution in [2.75, 3.05) is 0 Å². The van der Waals surface area contributed by atoms with Crippen LogP contribution in [0.3, 0.4) is 0 Å². The van der Waals surface area contributed by atoms with Crippen LogP contribution in [0.2, 0.25) is 0 Å². The van der Waals surface area contributed by atoms with Gasteiger partial charge < -0.3 is 9.52 Å². The molecule has 2 aromatic carbocycles. The molecule has 0 bridgehead atoms. The van der Waals surface area contributed by atoms with Crippen LogP contribution < -0.4 is 5.56 Å². The van der Waals surface area contributed by atoms with Gasteiger partial charge in [-0.3, -0.25) is 9.59 Å². The lowest BCUT2D eigenvalue weighted by Gasteiger charge is -2.08. The third kappa shape index (κ3) is 3.03. The number of nitrogens with zero attached hydrogens (tertiary/aromatic N) is 3. The summed E-state index contributed by atoms with van der Waals surface area (Å²) >= 11 is 0. The number of carboxylic acid groups (broad SMARTS) is 1. The Morgan fingerprint density at radius 2 is 1.93 bits per heavy atom. The van der Waals surface area contributed by atoms with E-state index in [9.17, 15) is 18.4 Å². The zero-order valence-electron chi connectivity index (χ0n) is 13.6. The summed E-state index contributed by atoms with van der Waals surface area (Å²) in [5.41, 5.74) is -0.534. The lowest BCUT2D eigenvalue weighted by Crippen LogP contribution is -2.26. The number of carbonyl (C=O) groups is 1. The zero-order valence-corrected chi connectivity index (χ0v) is 13.6. The van der Waals surface area contributed by atoms with Gasteiger partial charge in [0.05, 0.1) is 17.5 Å². The molecule has 2 aromatic heterocycles. The Morgan fingerprint density at radius 3 is 2.67 bits per heavy atom. The number of carboxylic acids is 1. The highest BCUT2D eigenvalue weighted by Crippen LogP contribution is 2.21. The predicted octanol–water partition coefficient (Wildman–Crippen LogP) is 2.49. The Morgan fingerprint density at radius 1 is 1.19 bits per heavy atom. The van der Waals surface area contributed by atoms with Gasteiger partial charge in [0, 0.05) is 17.5 Å². The molecule has 27 heavy (non-hydrogen) atoms. The van der Waals surface area contributed by atoms with E-state index in [-0.39, 0.29) is 41.0 Å². The highest BCUT2D eigenvalue weighted by molar-refractivity contribution is 5.86. The summed E-state index contributed by atoms with van der Waals surface area (Å²) in [5, 5.41) is 13.9. The third-order valence-electron chi connectivity index (χ3n) is 4.00. The standard InChI is InChI=1S/C18H11F2N3O4/c19-9-5-12(20)17-14(6-9)21-15(27-17)8-23-18(26)11-4-2-1-3-10(11)13(22-23)7-16(24)25/h1-6H,7-8H2,(H,24,25). The summed E-state index contributed by atoms with van der Waals surface area (Å²) in [6.07, 6.45) is -0.381. The van der Waals surface area contributed by atoms with Crippen molar-refractivity contribution < 1.29 is 23.1 Å². The molecule has 0 unspecified atom stereocenters. The zero-order chi connectivity index (χ0) is 19.1. The normalized spacial score (nSPS) is 11.3. The number of benzene rings is 2. The van der Waals surface area contributed by atoms with Crippen LogP contribution in [0.4, 0.5) is 8.78 Å². The monoisotopic (exact) mass is 371 g/mol. The second kappa shape index (κ2) is 6.27. The van der Waals surface area contributed by atoms with E-state index < -0.39 is 23.2 Å². The van der Waals surface area contributed by atoms with E-state index in [1.165, 1.54) is 0 Å². The molecule has 0 radical (unpaired) electrons. The number of halogens is 2. The van der Waals surface area contributed by atoms with Gasteiger partial charge in [-0.15, -0.1) is 0 Å². The molecule has 0 aliphatic rings. The average molecular weight is 371 g/mol. The first kappa shape index (κ1) is 16.8. The number of hydrogen-bond donors (Lipinski definition) is 1. The molecular formula is C18H11F2N3O4. The fourth-order valence-corrected chi connectivity index (χ4v) is 2.89. The van der Waals surface area contributed by atoms with Crippen LogP contribution in [0.25, 0.3) is 21.9 Å². The molecule has 7 nitrogen and oxygen atoms in total. The van der Waals surface area contributed by atoms with Crippen LogP contribution in [0.5, 0.6) is 0 Å². The molecule has 9 heteroatoms. The third-order valence-corrected chi connectivity index (χ3v) is 4.00. The molecule has 0 aliphatic heterocycles. The summed E-state index contributed by atoms with van der Waals surface area (Å²) in [7, 11) is 0. The van der Waals surface area contributed by atoms with Crippen LogP contribution in [0.1, 0.15) is 11.6 Å². The molecule has 0 saturated carbocycles. The molecule has 4 rings (SSSR count). The van der Waals surface area contributed by atoms with Crippen molar-refractivity contribution in [1.82, 2.24) is 14.8 Å². The maximum atomic E-state index is 13.8. The number of fused-ring (bicyclic) bond motifs is 2. The van der Waals surface area contributed by atoms with E-state index in [0.717, 1.165) is 10.7 Å². The second-order valence-corrected chi connectivity index (χ2v) is 5.87. The van der Waals surface area contributed by atoms with Gasteiger partial charge in [0.2, 0.25) is 5.89 Å². The van der Waals surface area contributed by atoms with Gasteiger partial charge in [-0.2, -0.15) is 5.10 Å². The largest absolute Gasteiger partial charge is 0.481 e. The Balaban J connectivity index is 1.84. The van der Waals surface area contributed by atoms with Gasteiger partial charge in [0.1, 0.15) is 17.9 Å². The summed E-state index contributed by atoms with van der Waals surface area (Å²) in [4.78, 5) is 27.8. The van der Waals surface area contributed by atoms with E-state index in [1.54, 1.807) is 24.3 Å². The van der Waals surface area contributed by atoms with Crippen LogP contribution in [0, 0.1) is 11.6 Å². The fourth-order valence-electron chi connectivity index (χ4n) is 2.89. The Hall–Kier alpha value is -3.62. The first-order valence-electron chi connectivity index (χ1n) is 7.87. The van der Waals surface area contributed by atoms with Crippen LogP contribution in [-0.2, 0) is 17.8 Å². The van der Waals surface area contributed by atoms with Crippen LogP contribution >= 0.6 is 0 Å². The van der Waals surface area contributed by atoms with Crippen LogP contribution in [-0.4, -0.2) is 25.8 Å². The van der Waals surface area contributed by atoms with Crippen molar-refractivity contribution in [3.63, 3.8) is 0 Å². The molecule has 2 heterocycles. The molecule has 136 valence electrons. The number of aromatic nitrogens is 3. The van der Waals surface area contributed by atoms with E-state index in [4.69, 9.17) is 9.52 Å². The topological polar surface area (TPSA) is 98.2 Å². The fraction of sp³-hybridized carbons (Fsp3) is 0.111. The van der Waals surface area contributed by atoms with Crippen molar-refractivity contribution in [2.45, 2.75) is 13.0 Å². The number of oxazole rings is 1. The maximum Gasteiger partial charge on any atom is 0.309 e. The van der Waals surface area contributed by atoms with Gasteiger partial charge in [-0.1, -0.05) is 18.2 Å². The predicted molar refractivity (Wildman–Crippen MR) is 90.4 cm³/mol. The van der Waals surface area contributed by atoms with Crippen molar-refractivity contribution in [1.29, 1.82) is 0 Å². The van der Waals surface area contributed by atoms with Crippen molar-refractivity contribution in [3.8, 4) is 0 Å². The number of hydrogen-bond acceptors (Lipinski definition) is 5. The van der Waals surface area contributed by atoms with Crippen molar-refractivity contribution in [2.24, 2.45) is 0 Å². The smallest absolute Gasteiger partial charge is 0.309 e. The molecule has 0 amide bonds. The molecule has 0 saturated heterocycles. The van der Waals surface area contributed by atoms with E-state index in [0.29, 0.717) is 11.5 Å². The van der Waals surface area contributed by atoms with Crippen molar-refractivity contribution in [3.05, 3.63) is 70.0 Å². The van der Waals surface area contributed by atoms with E-state index in [2.05, 4.69) is 10.1 Å². The Labute approximate surface area is 149 Å². The van der Waals surface area contributed by atoms with Crippen molar-refractivity contribution >= 4 is 27.8 Å². The highest BCUT2D eigenvalue weighted by Gasteiger charge is 2.17. The molecule has 0 spiro atoms. The van der Waals surface area contributed by atoms with Gasteiger partial charge in [0.25, 0.3) is 5.56 Å². The summed E-state index contributed by atoms with van der Waals surface area (Å²) in [6.45, 7) is -0.258. The summed E-state index contributed by atoms with van der Waals surface area (Å²) in [5.74, 6) is -2.86. The van der Waals surface area contributed by atoms with Gasteiger partial charge >= 0.3 is 5.97 Å². The van der Waals surface area contributed by atoms with E-state index >= 15 is 0 Å². The number of rotatable bonds is 4. The van der Waals surface area contributed by atoms with Crippen LogP contribution in [0.15, 0.2) is 45.6 Å². The second-order valence-electron chi connectivity index (χ2n) is 5.87. The minimum Gasteiger partial charge on any atom is -0.481 e. The van der Waals surface area contributed by atoms with Gasteiger partial charge in [-0.25, -0.2) is 18.4 Å². The molecule has 1 N–H and O–H groups in total. The summed E-state index contributed by atoms with van der Waals surface area (Å²) < 4.78 is 33.3. The van der Waals surface area contributed by atoms with Gasteiger partial charge in [-0.05, 0) is 6.07 Å². The lowest BCUT2D eigenvalue weighted by molar-refractivity contribution is -0.136. The molecule has 0 atom stereocenters. The SMILES string of the molecule is O=C(O)Cc1nn(Cc2nc3cc(F)cc(F)c3o2)c(=O)c2ccccc12. The minimum atomic E-state index is -1.10. The maximum absolute atomic E-state index is 13.8. The molecule has 0 fully saturated rings. The Kier molecular flexibility index (Phi) is 3.91. The average Bonchev–Trinajstić information content (AvgIpc) is 3.01.